The number of amides is 2. The molecule has 25 heavy (non-hydrogen) atoms. The first-order valence-electron chi connectivity index (χ1n) is 8.58. The maximum absolute atomic E-state index is 13.1. The van der Waals surface area contributed by atoms with Crippen molar-refractivity contribution in [3.05, 3.63) is 0 Å². The lowest BCUT2D eigenvalue weighted by atomic mass is 10.1. The summed E-state index contributed by atoms with van der Waals surface area (Å²) >= 11 is 0. The van der Waals surface area contributed by atoms with E-state index >= 15 is 0 Å². The van der Waals surface area contributed by atoms with Gasteiger partial charge in [-0.05, 0) is 19.8 Å². The highest BCUT2D eigenvalue weighted by Crippen LogP contribution is 2.52. The van der Waals surface area contributed by atoms with Crippen LogP contribution in [-0.4, -0.2) is 68.1 Å². The second kappa shape index (κ2) is 10.2. The molecule has 3 N–H and O–H groups in total. The summed E-state index contributed by atoms with van der Waals surface area (Å²) in [5, 5.41) is 2.50. The van der Waals surface area contributed by atoms with Crippen molar-refractivity contribution >= 4 is 19.4 Å². The third-order valence-electron chi connectivity index (χ3n) is 3.79. The third kappa shape index (κ3) is 6.04. The molecule has 2 amide bonds. The first-order chi connectivity index (χ1) is 11.8. The van der Waals surface area contributed by atoms with Gasteiger partial charge in [0.1, 0.15) is 0 Å². The van der Waals surface area contributed by atoms with Crippen LogP contribution in [0.25, 0.3) is 0 Å². The zero-order valence-electron chi connectivity index (χ0n) is 15.4. The molecular weight excluding hydrogens is 349 g/mol. The lowest BCUT2D eigenvalue weighted by Crippen LogP contribution is -2.55. The van der Waals surface area contributed by atoms with Crippen LogP contribution in [0.3, 0.4) is 0 Å². The molecule has 0 aromatic carbocycles. The fourth-order valence-electron chi connectivity index (χ4n) is 2.31. The Morgan fingerprint density at radius 2 is 1.72 bits per heavy atom. The summed E-state index contributed by atoms with van der Waals surface area (Å²) in [4.78, 5) is 26.8. The highest BCUT2D eigenvalue weighted by atomic mass is 31.2. The molecule has 1 rings (SSSR count). The number of hydrogen-bond donors (Lipinski definition) is 2. The maximum atomic E-state index is 13.1. The van der Waals surface area contributed by atoms with Gasteiger partial charge in [0.05, 0.1) is 32.5 Å². The SMILES string of the molecule is CCOP(=O)(OCC)[C@@H](NC(=O)[C@H](N)C(C)C)C(=O)N1CCOCC1. The summed E-state index contributed by atoms with van der Waals surface area (Å²) in [7, 11) is -3.90. The molecule has 0 aliphatic carbocycles. The number of carbonyl (C=O) groups excluding carboxylic acids is 2. The average Bonchev–Trinajstić information content (AvgIpc) is 2.59. The smallest absolute Gasteiger partial charge is 0.362 e. The molecule has 1 heterocycles. The number of nitrogens with one attached hydrogen (secondary N) is 1. The van der Waals surface area contributed by atoms with Gasteiger partial charge in [-0.25, -0.2) is 0 Å². The standard InChI is InChI=1S/C15H30N3O6P/c1-5-23-25(21,24-6-2)14(17-13(19)12(16)11(3)4)15(20)18-7-9-22-10-8-18/h11-12,14H,5-10,16H2,1-4H3,(H,17,19)/t12-,14-/m1/s1. The van der Waals surface area contributed by atoms with E-state index in [9.17, 15) is 14.2 Å². The molecule has 1 aliphatic heterocycles. The average molecular weight is 379 g/mol. The van der Waals surface area contributed by atoms with E-state index in [-0.39, 0.29) is 19.1 Å². The Kier molecular flexibility index (Phi) is 9.02. The Balaban J connectivity index is 3.08. The Bertz CT molecular complexity index is 486. The van der Waals surface area contributed by atoms with Crippen LogP contribution in [0.2, 0.25) is 0 Å². The Labute approximate surface area is 149 Å². The van der Waals surface area contributed by atoms with Gasteiger partial charge in [0, 0.05) is 13.1 Å². The molecule has 0 aromatic rings. The van der Waals surface area contributed by atoms with Crippen molar-refractivity contribution in [2.24, 2.45) is 11.7 Å². The highest BCUT2D eigenvalue weighted by Gasteiger charge is 2.45. The van der Waals surface area contributed by atoms with E-state index in [0.717, 1.165) is 0 Å². The van der Waals surface area contributed by atoms with Gasteiger partial charge in [-0.3, -0.25) is 14.2 Å². The van der Waals surface area contributed by atoms with Gasteiger partial charge in [0.2, 0.25) is 11.7 Å². The zero-order chi connectivity index (χ0) is 19.0. The van der Waals surface area contributed by atoms with E-state index in [1.807, 2.05) is 0 Å². The summed E-state index contributed by atoms with van der Waals surface area (Å²) in [6.45, 7) is 8.47. The Morgan fingerprint density at radius 1 is 1.20 bits per heavy atom. The zero-order valence-corrected chi connectivity index (χ0v) is 16.3. The van der Waals surface area contributed by atoms with Gasteiger partial charge in [-0.1, -0.05) is 13.8 Å². The molecule has 1 saturated heterocycles. The van der Waals surface area contributed by atoms with Crippen LogP contribution in [0.1, 0.15) is 27.7 Å². The Hall–Kier alpha value is -0.990. The van der Waals surface area contributed by atoms with Crippen LogP contribution in [0.15, 0.2) is 0 Å². The van der Waals surface area contributed by atoms with Crippen molar-refractivity contribution in [2.45, 2.75) is 39.5 Å². The van der Waals surface area contributed by atoms with Crippen LogP contribution >= 0.6 is 7.60 Å². The topological polar surface area (TPSA) is 120 Å². The predicted octanol–water partition coefficient (Wildman–Crippen LogP) is 0.537. The van der Waals surface area contributed by atoms with Gasteiger partial charge in [-0.2, -0.15) is 0 Å². The van der Waals surface area contributed by atoms with E-state index in [4.69, 9.17) is 19.5 Å². The minimum Gasteiger partial charge on any atom is -0.378 e. The van der Waals surface area contributed by atoms with Crippen LogP contribution < -0.4 is 11.1 Å². The van der Waals surface area contributed by atoms with E-state index in [2.05, 4.69) is 5.32 Å². The molecule has 146 valence electrons. The first-order valence-corrected chi connectivity index (χ1v) is 10.2. The van der Waals surface area contributed by atoms with Crippen LogP contribution in [0.4, 0.5) is 0 Å². The molecule has 1 fully saturated rings. The lowest BCUT2D eigenvalue weighted by molar-refractivity contribution is -0.138. The van der Waals surface area contributed by atoms with Gasteiger partial charge in [-0.15, -0.1) is 0 Å². The van der Waals surface area contributed by atoms with Crippen molar-refractivity contribution in [1.82, 2.24) is 10.2 Å². The molecule has 0 aromatic heterocycles. The largest absolute Gasteiger partial charge is 0.378 e. The molecular formula is C15H30N3O6P. The number of rotatable bonds is 9. The highest BCUT2D eigenvalue weighted by molar-refractivity contribution is 7.55. The first kappa shape index (κ1) is 22.1. The van der Waals surface area contributed by atoms with Gasteiger partial charge in [0.15, 0.2) is 0 Å². The fraction of sp³-hybridized carbons (Fsp3) is 0.867. The monoisotopic (exact) mass is 379 g/mol. The number of nitrogens with two attached hydrogens (primary N) is 1. The molecule has 0 unspecified atom stereocenters. The van der Waals surface area contributed by atoms with E-state index in [1.54, 1.807) is 27.7 Å². The predicted molar refractivity (Wildman–Crippen MR) is 93.0 cm³/mol. The van der Waals surface area contributed by atoms with Crippen LogP contribution in [-0.2, 0) is 27.9 Å². The van der Waals surface area contributed by atoms with Crippen molar-refractivity contribution in [3.63, 3.8) is 0 Å². The molecule has 10 heteroatoms. The van der Waals surface area contributed by atoms with Gasteiger partial charge >= 0.3 is 7.60 Å². The second-order valence-electron chi connectivity index (χ2n) is 5.99. The normalized spacial score (nSPS) is 18.1. The number of ether oxygens (including phenoxy) is 1. The summed E-state index contributed by atoms with van der Waals surface area (Å²) in [6.07, 6.45) is 0. The minimum absolute atomic E-state index is 0.0796. The van der Waals surface area contributed by atoms with E-state index in [1.165, 1.54) is 4.90 Å². The Morgan fingerprint density at radius 3 is 2.16 bits per heavy atom. The minimum atomic E-state index is -3.90. The van der Waals surface area contributed by atoms with E-state index < -0.39 is 31.2 Å². The van der Waals surface area contributed by atoms with Gasteiger partial charge < -0.3 is 29.7 Å². The lowest BCUT2D eigenvalue weighted by Gasteiger charge is -2.33. The van der Waals surface area contributed by atoms with Crippen LogP contribution in [0.5, 0.6) is 0 Å². The number of morpholine rings is 1. The van der Waals surface area contributed by atoms with E-state index in [0.29, 0.717) is 26.3 Å². The van der Waals surface area contributed by atoms with Crippen LogP contribution in [0, 0.1) is 5.92 Å². The van der Waals surface area contributed by atoms with Crippen molar-refractivity contribution in [1.29, 1.82) is 0 Å². The molecule has 0 spiro atoms. The maximum Gasteiger partial charge on any atom is 0.362 e. The van der Waals surface area contributed by atoms with Crippen molar-refractivity contribution in [2.75, 3.05) is 39.5 Å². The molecule has 1 aliphatic rings. The third-order valence-corrected chi connectivity index (χ3v) is 6.01. The molecule has 2 atom stereocenters. The molecule has 0 saturated carbocycles. The summed E-state index contributed by atoms with van der Waals surface area (Å²) in [5.74, 6) is -2.65. The van der Waals surface area contributed by atoms with Crippen molar-refractivity contribution < 1.29 is 27.9 Å². The summed E-state index contributed by atoms with van der Waals surface area (Å²) < 4.78 is 28.9. The second-order valence-corrected chi connectivity index (χ2v) is 8.11. The van der Waals surface area contributed by atoms with Crippen molar-refractivity contribution in [3.8, 4) is 0 Å². The summed E-state index contributed by atoms with van der Waals surface area (Å²) in [5.41, 5.74) is 5.85. The quantitative estimate of drug-likeness (QED) is 0.561. The fourth-order valence-corrected chi connectivity index (χ4v) is 4.12. The molecule has 0 radical (unpaired) electrons. The number of nitrogens with zero attached hydrogens (tertiary/aromatic N) is 1. The summed E-state index contributed by atoms with van der Waals surface area (Å²) in [6, 6.07) is -0.836. The van der Waals surface area contributed by atoms with Gasteiger partial charge in [0.25, 0.3) is 5.91 Å². The number of carbonyl (C=O) groups is 2. The molecule has 9 nitrogen and oxygen atoms in total. The molecule has 0 bridgehead atoms. The number of hydrogen-bond acceptors (Lipinski definition) is 7.